The standard InChI is InChI=1S/C19H18F6/c1-11-5-7-13(9-15(11)18(20,21)22)17(3,4)14-8-6-12(2)16(10-14)19(23,24)25/h5-10H,1-4H3. The van der Waals surface area contributed by atoms with Crippen LogP contribution in [0.4, 0.5) is 26.3 Å². The summed E-state index contributed by atoms with van der Waals surface area (Å²) in [7, 11) is 0. The summed E-state index contributed by atoms with van der Waals surface area (Å²) in [6, 6.07) is 7.78. The minimum atomic E-state index is -4.51. The highest BCUT2D eigenvalue weighted by molar-refractivity contribution is 5.45. The Morgan fingerprint density at radius 1 is 0.600 bits per heavy atom. The van der Waals surface area contributed by atoms with Crippen molar-refractivity contribution in [1.29, 1.82) is 0 Å². The Kier molecular flexibility index (Phi) is 4.70. The van der Waals surface area contributed by atoms with Crippen LogP contribution in [0, 0.1) is 13.8 Å². The topological polar surface area (TPSA) is 0 Å². The maximum absolute atomic E-state index is 13.1. The molecule has 0 N–H and O–H groups in total. The van der Waals surface area contributed by atoms with Gasteiger partial charge in [0.05, 0.1) is 11.1 Å². The van der Waals surface area contributed by atoms with Crippen LogP contribution in [0.25, 0.3) is 0 Å². The third kappa shape index (κ3) is 3.83. The molecule has 0 heterocycles. The Balaban J connectivity index is 2.60. The van der Waals surface area contributed by atoms with Crippen LogP contribution in [0.15, 0.2) is 36.4 Å². The van der Waals surface area contributed by atoms with Crippen molar-refractivity contribution in [2.75, 3.05) is 0 Å². The van der Waals surface area contributed by atoms with Crippen LogP contribution in [0.5, 0.6) is 0 Å². The molecular formula is C19H18F6. The normalized spacial score (nSPS) is 13.2. The van der Waals surface area contributed by atoms with Crippen LogP contribution >= 0.6 is 0 Å². The highest BCUT2D eigenvalue weighted by Gasteiger charge is 2.36. The summed E-state index contributed by atoms with van der Waals surface area (Å²) in [6.07, 6.45) is -9.03. The van der Waals surface area contributed by atoms with Crippen molar-refractivity contribution in [3.8, 4) is 0 Å². The van der Waals surface area contributed by atoms with Crippen LogP contribution in [0.1, 0.15) is 47.2 Å². The van der Waals surface area contributed by atoms with Gasteiger partial charge in [-0.2, -0.15) is 26.3 Å². The zero-order chi connectivity index (χ0) is 19.2. The molecule has 2 aromatic carbocycles. The Hall–Kier alpha value is -1.98. The first kappa shape index (κ1) is 19.3. The summed E-state index contributed by atoms with van der Waals surface area (Å²) in [5, 5.41) is 0. The van der Waals surface area contributed by atoms with Crippen molar-refractivity contribution in [1.82, 2.24) is 0 Å². The fraction of sp³-hybridized carbons (Fsp3) is 0.368. The second-order valence-electron chi connectivity index (χ2n) is 6.68. The lowest BCUT2D eigenvalue weighted by Crippen LogP contribution is -2.22. The van der Waals surface area contributed by atoms with Crippen LogP contribution in [0.3, 0.4) is 0 Å². The van der Waals surface area contributed by atoms with Crippen molar-refractivity contribution in [2.24, 2.45) is 0 Å². The molecule has 0 aliphatic heterocycles. The van der Waals surface area contributed by atoms with Crippen molar-refractivity contribution < 1.29 is 26.3 Å². The van der Waals surface area contributed by atoms with Gasteiger partial charge in [0.2, 0.25) is 0 Å². The van der Waals surface area contributed by atoms with Gasteiger partial charge in [0, 0.05) is 5.41 Å². The van der Waals surface area contributed by atoms with E-state index in [2.05, 4.69) is 0 Å². The lowest BCUT2D eigenvalue weighted by atomic mass is 9.76. The van der Waals surface area contributed by atoms with Crippen LogP contribution in [0.2, 0.25) is 0 Å². The van der Waals surface area contributed by atoms with Gasteiger partial charge in [-0.05, 0) is 48.2 Å². The van der Waals surface area contributed by atoms with E-state index < -0.39 is 28.9 Å². The van der Waals surface area contributed by atoms with Crippen molar-refractivity contribution >= 4 is 0 Å². The zero-order valence-electron chi connectivity index (χ0n) is 14.2. The van der Waals surface area contributed by atoms with Crippen LogP contribution in [-0.4, -0.2) is 0 Å². The van der Waals surface area contributed by atoms with Gasteiger partial charge in [-0.25, -0.2) is 0 Å². The molecule has 0 aliphatic carbocycles. The highest BCUT2D eigenvalue weighted by atomic mass is 19.4. The molecule has 0 aromatic heterocycles. The molecule has 0 radical (unpaired) electrons. The van der Waals surface area contributed by atoms with Crippen LogP contribution in [-0.2, 0) is 17.8 Å². The molecule has 2 rings (SSSR count). The Labute approximate surface area is 142 Å². The lowest BCUT2D eigenvalue weighted by Gasteiger charge is -2.28. The third-order valence-electron chi connectivity index (χ3n) is 4.53. The summed E-state index contributed by atoms with van der Waals surface area (Å²) in [6.45, 7) is 5.94. The quantitative estimate of drug-likeness (QED) is 0.525. The smallest absolute Gasteiger partial charge is 0.166 e. The maximum atomic E-state index is 13.1. The van der Waals surface area contributed by atoms with Gasteiger partial charge in [-0.3, -0.25) is 0 Å². The molecule has 0 spiro atoms. The predicted molar refractivity (Wildman–Crippen MR) is 84.5 cm³/mol. The summed E-state index contributed by atoms with van der Waals surface area (Å²) in [4.78, 5) is 0. The molecule has 6 heteroatoms. The molecule has 0 bridgehead atoms. The third-order valence-corrected chi connectivity index (χ3v) is 4.53. The molecular weight excluding hydrogens is 342 g/mol. The molecule has 0 saturated heterocycles. The highest BCUT2D eigenvalue weighted by Crippen LogP contribution is 2.40. The van der Waals surface area contributed by atoms with Gasteiger partial charge < -0.3 is 0 Å². The average Bonchev–Trinajstić information content (AvgIpc) is 2.45. The molecule has 2 aromatic rings. The van der Waals surface area contributed by atoms with E-state index in [-0.39, 0.29) is 11.1 Å². The fourth-order valence-corrected chi connectivity index (χ4v) is 2.80. The Morgan fingerprint density at radius 3 is 1.20 bits per heavy atom. The second kappa shape index (κ2) is 6.07. The molecule has 0 atom stereocenters. The van der Waals surface area contributed by atoms with Gasteiger partial charge in [0.25, 0.3) is 0 Å². The maximum Gasteiger partial charge on any atom is 0.416 e. The number of alkyl halides is 6. The van der Waals surface area contributed by atoms with E-state index in [1.54, 1.807) is 13.8 Å². The molecule has 0 fully saturated rings. The largest absolute Gasteiger partial charge is 0.416 e. The molecule has 0 amide bonds. The molecule has 0 unspecified atom stereocenters. The molecule has 136 valence electrons. The van der Waals surface area contributed by atoms with E-state index in [0.717, 1.165) is 12.1 Å². The van der Waals surface area contributed by atoms with Gasteiger partial charge in [0.15, 0.2) is 0 Å². The summed E-state index contributed by atoms with van der Waals surface area (Å²) < 4.78 is 78.9. The van der Waals surface area contributed by atoms with Gasteiger partial charge >= 0.3 is 12.4 Å². The van der Waals surface area contributed by atoms with E-state index in [1.807, 2.05) is 0 Å². The number of halogens is 6. The van der Waals surface area contributed by atoms with Crippen molar-refractivity contribution in [3.63, 3.8) is 0 Å². The molecule has 0 aliphatic rings. The van der Waals surface area contributed by atoms with E-state index in [9.17, 15) is 26.3 Å². The van der Waals surface area contributed by atoms with Crippen LogP contribution < -0.4 is 0 Å². The Bertz CT molecular complexity index is 716. The van der Waals surface area contributed by atoms with E-state index >= 15 is 0 Å². The number of rotatable bonds is 2. The second-order valence-corrected chi connectivity index (χ2v) is 6.68. The number of benzene rings is 2. The Morgan fingerprint density at radius 2 is 0.920 bits per heavy atom. The van der Waals surface area contributed by atoms with Gasteiger partial charge in [0.1, 0.15) is 0 Å². The minimum Gasteiger partial charge on any atom is -0.166 e. The fourth-order valence-electron chi connectivity index (χ4n) is 2.80. The van der Waals surface area contributed by atoms with Crippen molar-refractivity contribution in [2.45, 2.75) is 45.5 Å². The zero-order valence-corrected chi connectivity index (χ0v) is 14.2. The monoisotopic (exact) mass is 360 g/mol. The SMILES string of the molecule is Cc1ccc(C(C)(C)c2ccc(C)c(C(F)(F)F)c2)cc1C(F)(F)F. The predicted octanol–water partition coefficient (Wildman–Crippen LogP) is 6.67. The molecule has 0 nitrogen and oxygen atoms in total. The first-order chi connectivity index (χ1) is 11.2. The summed E-state index contributed by atoms with van der Waals surface area (Å²) in [5.74, 6) is 0. The number of hydrogen-bond acceptors (Lipinski definition) is 0. The molecule has 25 heavy (non-hydrogen) atoms. The van der Waals surface area contributed by atoms with E-state index in [4.69, 9.17) is 0 Å². The number of aryl methyl sites for hydroxylation is 2. The van der Waals surface area contributed by atoms with Gasteiger partial charge in [-0.1, -0.05) is 38.1 Å². The number of hydrogen-bond donors (Lipinski definition) is 0. The summed E-state index contributed by atoms with van der Waals surface area (Å²) >= 11 is 0. The lowest BCUT2D eigenvalue weighted by molar-refractivity contribution is -0.138. The summed E-state index contributed by atoms with van der Waals surface area (Å²) in [5.41, 5.74) is -1.80. The van der Waals surface area contributed by atoms with E-state index in [0.29, 0.717) is 11.1 Å². The van der Waals surface area contributed by atoms with E-state index in [1.165, 1.54) is 38.1 Å². The minimum absolute atomic E-state index is 0.0759. The first-order valence-electron chi connectivity index (χ1n) is 7.61. The average molecular weight is 360 g/mol. The first-order valence-corrected chi connectivity index (χ1v) is 7.61. The van der Waals surface area contributed by atoms with Crippen molar-refractivity contribution in [3.05, 3.63) is 69.8 Å². The van der Waals surface area contributed by atoms with Gasteiger partial charge in [-0.15, -0.1) is 0 Å². The molecule has 0 saturated carbocycles.